The Morgan fingerprint density at radius 2 is 1.88 bits per heavy atom. The Morgan fingerprint density at radius 3 is 2.58 bits per heavy atom. The summed E-state index contributed by atoms with van der Waals surface area (Å²) < 4.78 is 5.05. The van der Waals surface area contributed by atoms with Crippen LogP contribution in [0, 0.1) is 0 Å². The maximum absolute atomic E-state index is 12.3. The number of benzene rings is 2. The van der Waals surface area contributed by atoms with Crippen LogP contribution in [0.4, 0.5) is 0 Å². The molecule has 1 aliphatic heterocycles. The molecule has 0 saturated heterocycles. The summed E-state index contributed by atoms with van der Waals surface area (Å²) in [5, 5.41) is 3.33. The molecule has 0 radical (unpaired) electrons. The van der Waals surface area contributed by atoms with Crippen LogP contribution in [0.25, 0.3) is 10.9 Å². The predicted molar refractivity (Wildman–Crippen MR) is 102 cm³/mol. The molecule has 0 amide bonds. The molecule has 0 saturated carbocycles. The first-order valence-electron chi connectivity index (χ1n) is 9.20. The Bertz CT molecular complexity index is 940. The Hall–Kier alpha value is -2.59. The number of quaternary nitrogens is 1. The predicted octanol–water partition coefficient (Wildman–Crippen LogP) is 3.04. The van der Waals surface area contributed by atoms with Crippen molar-refractivity contribution in [3.05, 3.63) is 70.9 Å². The van der Waals surface area contributed by atoms with Gasteiger partial charge < -0.3 is 15.0 Å². The second-order valence-corrected chi connectivity index (χ2v) is 7.39. The van der Waals surface area contributed by atoms with Crippen LogP contribution in [0.2, 0.25) is 0 Å². The molecule has 26 heavy (non-hydrogen) atoms. The van der Waals surface area contributed by atoms with Crippen LogP contribution in [0.5, 0.6) is 0 Å². The van der Waals surface area contributed by atoms with Crippen LogP contribution in [0.15, 0.2) is 48.5 Å². The molecule has 4 rings (SSSR count). The highest BCUT2D eigenvalue weighted by Gasteiger charge is 2.38. The number of rotatable bonds is 3. The fraction of sp³-hybridized carbons (Fsp3) is 0.318. The minimum Gasteiger partial charge on any atom is -0.465 e. The van der Waals surface area contributed by atoms with Crippen LogP contribution < -0.4 is 5.32 Å². The van der Waals surface area contributed by atoms with Gasteiger partial charge in [-0.3, -0.25) is 0 Å². The number of nitrogens with one attached hydrogen (secondary N) is 1. The number of ether oxygens (including phenoxy) is 1. The quantitative estimate of drug-likeness (QED) is 0.714. The number of aromatic nitrogens is 1. The molecule has 1 aliphatic rings. The van der Waals surface area contributed by atoms with Crippen molar-refractivity contribution in [2.75, 3.05) is 7.11 Å². The van der Waals surface area contributed by atoms with E-state index in [-0.39, 0.29) is 18.1 Å². The zero-order valence-electron chi connectivity index (χ0n) is 15.5. The highest BCUT2D eigenvalue weighted by Crippen LogP contribution is 2.32. The molecule has 3 aromatic rings. The largest absolute Gasteiger partial charge is 0.465 e. The number of hydrogen-bond donors (Lipinski definition) is 2. The second kappa shape index (κ2) is 6.61. The minimum absolute atomic E-state index is 0.0662. The van der Waals surface area contributed by atoms with E-state index >= 15 is 0 Å². The van der Waals surface area contributed by atoms with E-state index in [1.165, 1.54) is 34.9 Å². The molecule has 2 aromatic carbocycles. The molecule has 134 valence electrons. The van der Waals surface area contributed by atoms with E-state index in [0.29, 0.717) is 12.3 Å². The van der Waals surface area contributed by atoms with Gasteiger partial charge in [-0.2, -0.15) is 0 Å². The fourth-order valence-corrected chi connectivity index (χ4v) is 4.00. The van der Waals surface area contributed by atoms with Gasteiger partial charge in [-0.25, -0.2) is 4.79 Å². The van der Waals surface area contributed by atoms with Gasteiger partial charge in [0.15, 0.2) is 12.1 Å². The van der Waals surface area contributed by atoms with E-state index in [1.807, 2.05) is 12.1 Å². The lowest BCUT2D eigenvalue weighted by molar-refractivity contribution is -0.712. The number of para-hydroxylation sites is 1. The van der Waals surface area contributed by atoms with E-state index < -0.39 is 0 Å². The van der Waals surface area contributed by atoms with Crippen molar-refractivity contribution in [2.45, 2.75) is 38.3 Å². The summed E-state index contributed by atoms with van der Waals surface area (Å²) in [6, 6.07) is 16.9. The molecule has 2 heterocycles. The Kier molecular flexibility index (Phi) is 4.29. The van der Waals surface area contributed by atoms with Gasteiger partial charge in [0, 0.05) is 22.9 Å². The number of fused-ring (bicyclic) bond motifs is 3. The number of nitrogens with two attached hydrogens (primary N) is 1. The summed E-state index contributed by atoms with van der Waals surface area (Å²) in [5.41, 5.74) is 6.09. The lowest BCUT2D eigenvalue weighted by atomic mass is 9.89. The number of esters is 1. The number of H-pyrrole nitrogens is 1. The average molecular weight is 349 g/mol. The van der Waals surface area contributed by atoms with Gasteiger partial charge in [-0.1, -0.05) is 56.3 Å². The SMILES string of the molecule is COC(=O)[C@H]1Cc2c([nH]c3ccccc23)[C@@H](c2ccc(C(C)C)cc2)[NH2+]1. The van der Waals surface area contributed by atoms with E-state index in [4.69, 9.17) is 4.74 Å². The zero-order valence-corrected chi connectivity index (χ0v) is 15.5. The third-order valence-electron chi connectivity index (χ3n) is 5.47. The summed E-state index contributed by atoms with van der Waals surface area (Å²) >= 11 is 0. The van der Waals surface area contributed by atoms with Crippen molar-refractivity contribution < 1.29 is 14.8 Å². The van der Waals surface area contributed by atoms with Gasteiger partial charge >= 0.3 is 5.97 Å². The van der Waals surface area contributed by atoms with Crippen LogP contribution in [0.1, 0.15) is 48.2 Å². The lowest BCUT2D eigenvalue weighted by Gasteiger charge is -2.27. The number of carbonyl (C=O) groups excluding carboxylic acids is 1. The number of carbonyl (C=O) groups is 1. The Labute approximate surface area is 153 Å². The summed E-state index contributed by atoms with van der Waals surface area (Å²) in [4.78, 5) is 15.9. The number of hydrogen-bond acceptors (Lipinski definition) is 2. The van der Waals surface area contributed by atoms with E-state index in [2.05, 4.69) is 60.5 Å². The van der Waals surface area contributed by atoms with Crippen molar-refractivity contribution in [1.82, 2.24) is 4.98 Å². The molecule has 1 aromatic heterocycles. The van der Waals surface area contributed by atoms with E-state index in [9.17, 15) is 4.79 Å². The zero-order chi connectivity index (χ0) is 18.3. The van der Waals surface area contributed by atoms with Crippen molar-refractivity contribution in [3.63, 3.8) is 0 Å². The topological polar surface area (TPSA) is 58.7 Å². The van der Waals surface area contributed by atoms with Gasteiger partial charge in [0.05, 0.1) is 12.8 Å². The standard InChI is InChI=1S/C22H24N2O2/c1-13(2)14-8-10-15(11-9-14)20-21-17(12-19(24-20)22(25)26-3)16-6-4-5-7-18(16)23-21/h4-11,13,19-20,23-24H,12H2,1-3H3/p+1/t19-,20-/m1/s1. The van der Waals surface area contributed by atoms with Crippen LogP contribution >= 0.6 is 0 Å². The Balaban J connectivity index is 1.81. The average Bonchev–Trinajstić information content (AvgIpc) is 3.05. The highest BCUT2D eigenvalue weighted by atomic mass is 16.5. The summed E-state index contributed by atoms with van der Waals surface area (Å²) in [6.07, 6.45) is 0.687. The molecule has 4 nitrogen and oxygen atoms in total. The minimum atomic E-state index is -0.221. The molecular weight excluding hydrogens is 324 g/mol. The third-order valence-corrected chi connectivity index (χ3v) is 5.47. The monoisotopic (exact) mass is 349 g/mol. The molecule has 3 N–H and O–H groups in total. The summed E-state index contributed by atoms with van der Waals surface area (Å²) in [6.45, 7) is 4.40. The van der Waals surface area contributed by atoms with Gasteiger partial charge in [0.2, 0.25) is 0 Å². The van der Waals surface area contributed by atoms with Gasteiger partial charge in [-0.05, 0) is 23.1 Å². The van der Waals surface area contributed by atoms with Gasteiger partial charge in [0.25, 0.3) is 0 Å². The maximum Gasteiger partial charge on any atom is 0.364 e. The molecular formula is C22H25N2O2+. The van der Waals surface area contributed by atoms with E-state index in [0.717, 1.165) is 5.52 Å². The summed E-state index contributed by atoms with van der Waals surface area (Å²) in [7, 11) is 1.47. The maximum atomic E-state index is 12.3. The molecule has 2 atom stereocenters. The normalized spacial score (nSPS) is 19.5. The van der Waals surface area contributed by atoms with Crippen LogP contribution in [-0.4, -0.2) is 24.1 Å². The first kappa shape index (κ1) is 16.9. The Morgan fingerprint density at radius 1 is 1.15 bits per heavy atom. The molecule has 4 heteroatoms. The number of aromatic amines is 1. The lowest BCUT2D eigenvalue weighted by Crippen LogP contribution is -2.94. The molecule has 0 spiro atoms. The molecule has 0 fully saturated rings. The molecule has 0 unspecified atom stereocenters. The highest BCUT2D eigenvalue weighted by molar-refractivity contribution is 5.86. The molecule has 0 aliphatic carbocycles. The molecule has 0 bridgehead atoms. The van der Waals surface area contributed by atoms with Crippen molar-refractivity contribution in [1.29, 1.82) is 0 Å². The van der Waals surface area contributed by atoms with Crippen molar-refractivity contribution >= 4 is 16.9 Å². The number of methoxy groups -OCH3 is 1. The van der Waals surface area contributed by atoms with Crippen LogP contribution in [-0.2, 0) is 16.0 Å². The van der Waals surface area contributed by atoms with Gasteiger partial charge in [0.1, 0.15) is 0 Å². The first-order valence-corrected chi connectivity index (χ1v) is 9.20. The summed E-state index contributed by atoms with van der Waals surface area (Å²) in [5.74, 6) is 0.343. The smallest absolute Gasteiger partial charge is 0.364 e. The third kappa shape index (κ3) is 2.80. The van der Waals surface area contributed by atoms with Crippen molar-refractivity contribution in [3.8, 4) is 0 Å². The van der Waals surface area contributed by atoms with Crippen LogP contribution in [0.3, 0.4) is 0 Å². The fourth-order valence-electron chi connectivity index (χ4n) is 4.00. The van der Waals surface area contributed by atoms with Gasteiger partial charge in [-0.15, -0.1) is 0 Å². The van der Waals surface area contributed by atoms with Crippen molar-refractivity contribution in [2.24, 2.45) is 0 Å². The first-order chi connectivity index (χ1) is 12.6. The van der Waals surface area contributed by atoms with E-state index in [1.54, 1.807) is 0 Å². The second-order valence-electron chi connectivity index (χ2n) is 7.39.